The second kappa shape index (κ2) is 8.73. The number of nitro groups is 1. The van der Waals surface area contributed by atoms with Gasteiger partial charge in [-0.05, 0) is 16.7 Å². The van der Waals surface area contributed by atoms with Crippen molar-refractivity contribution in [1.29, 1.82) is 5.26 Å². The van der Waals surface area contributed by atoms with Crippen LogP contribution in [-0.2, 0) is 0 Å². The number of ether oxygens (including phenoxy) is 3. The van der Waals surface area contributed by atoms with E-state index in [4.69, 9.17) is 19.7 Å². The number of azide groups is 1. The number of fused-ring (bicyclic) bond motifs is 1. The average molecular weight is 421 g/mol. The van der Waals surface area contributed by atoms with Crippen LogP contribution < -0.4 is 19.5 Å². The van der Waals surface area contributed by atoms with Crippen LogP contribution in [0, 0.1) is 21.4 Å². The fraction of sp³-hybridized carbons (Fsp3) is 0.158. The van der Waals surface area contributed by atoms with E-state index >= 15 is 0 Å². The van der Waals surface area contributed by atoms with Crippen LogP contribution in [0.3, 0.4) is 0 Å². The Bertz CT molecular complexity index is 1250. The molecule has 0 aliphatic heterocycles. The first-order valence-corrected chi connectivity index (χ1v) is 8.61. The van der Waals surface area contributed by atoms with Crippen molar-refractivity contribution in [2.75, 3.05) is 26.6 Å². The van der Waals surface area contributed by atoms with Gasteiger partial charge in [0, 0.05) is 40.3 Å². The molecule has 0 saturated heterocycles. The number of anilines is 2. The predicted octanol–water partition coefficient (Wildman–Crippen LogP) is 4.73. The Morgan fingerprint density at radius 2 is 1.87 bits per heavy atom. The molecule has 12 nitrogen and oxygen atoms in total. The lowest BCUT2D eigenvalue weighted by atomic mass is 10.1. The minimum absolute atomic E-state index is 0.0838. The van der Waals surface area contributed by atoms with E-state index in [-0.39, 0.29) is 28.1 Å². The lowest BCUT2D eigenvalue weighted by molar-refractivity contribution is -0.384. The number of nitro benzene ring substituents is 1. The van der Waals surface area contributed by atoms with E-state index in [1.54, 1.807) is 12.1 Å². The zero-order chi connectivity index (χ0) is 22.5. The number of benzene rings is 2. The van der Waals surface area contributed by atoms with Crippen molar-refractivity contribution in [3.05, 3.63) is 56.5 Å². The maximum Gasteiger partial charge on any atom is 0.270 e. The third-order valence-electron chi connectivity index (χ3n) is 4.35. The van der Waals surface area contributed by atoms with Crippen LogP contribution in [0.4, 0.5) is 22.9 Å². The van der Waals surface area contributed by atoms with Gasteiger partial charge in [0.15, 0.2) is 11.5 Å². The molecule has 0 fully saturated rings. The molecule has 2 aromatic carbocycles. The normalized spacial score (nSPS) is 10.0. The summed E-state index contributed by atoms with van der Waals surface area (Å²) in [4.78, 5) is 17.6. The number of non-ortho nitro benzene ring substituents is 1. The highest BCUT2D eigenvalue weighted by Crippen LogP contribution is 2.42. The quantitative estimate of drug-likeness (QED) is 0.188. The summed E-state index contributed by atoms with van der Waals surface area (Å²) >= 11 is 0. The molecule has 12 heteroatoms. The van der Waals surface area contributed by atoms with E-state index < -0.39 is 4.92 Å². The molecule has 0 aliphatic carbocycles. The van der Waals surface area contributed by atoms with Crippen molar-refractivity contribution in [2.24, 2.45) is 5.11 Å². The highest BCUT2D eigenvalue weighted by Gasteiger charge is 2.19. The molecule has 156 valence electrons. The van der Waals surface area contributed by atoms with Crippen LogP contribution in [0.2, 0.25) is 0 Å². The van der Waals surface area contributed by atoms with Crippen LogP contribution >= 0.6 is 0 Å². The highest BCUT2D eigenvalue weighted by molar-refractivity contribution is 5.99. The van der Waals surface area contributed by atoms with E-state index in [1.165, 1.54) is 39.5 Å². The number of hydrogen-bond acceptors (Lipinski definition) is 9. The molecule has 0 saturated carbocycles. The molecular weight excluding hydrogens is 406 g/mol. The Morgan fingerprint density at radius 1 is 1.19 bits per heavy atom. The zero-order valence-corrected chi connectivity index (χ0v) is 16.6. The number of pyridine rings is 1. The molecule has 0 bridgehead atoms. The SMILES string of the molecule is COc1cc(Nc2c(C#N)c(N=[N+]=[N-])nc3ccc([N+](=O)[O-])cc23)cc(OC)c1OC. The molecule has 3 aromatic rings. The van der Waals surface area contributed by atoms with Gasteiger partial charge < -0.3 is 19.5 Å². The first kappa shape index (κ1) is 21.0. The fourth-order valence-electron chi connectivity index (χ4n) is 3.00. The Hall–Kier alpha value is -4.75. The van der Waals surface area contributed by atoms with Gasteiger partial charge in [0.1, 0.15) is 17.5 Å². The predicted molar refractivity (Wildman–Crippen MR) is 111 cm³/mol. The van der Waals surface area contributed by atoms with Gasteiger partial charge in [-0.15, -0.1) is 0 Å². The van der Waals surface area contributed by atoms with Gasteiger partial charge in [-0.2, -0.15) is 5.26 Å². The number of nitrogens with one attached hydrogen (secondary N) is 1. The monoisotopic (exact) mass is 421 g/mol. The summed E-state index contributed by atoms with van der Waals surface area (Å²) in [5.41, 5.74) is 9.48. The van der Waals surface area contributed by atoms with E-state index in [0.717, 1.165) is 0 Å². The molecular formula is C19H15N7O5. The van der Waals surface area contributed by atoms with Gasteiger partial charge >= 0.3 is 0 Å². The van der Waals surface area contributed by atoms with Crippen molar-refractivity contribution in [1.82, 2.24) is 4.98 Å². The Labute approximate surface area is 175 Å². The molecule has 1 aromatic heterocycles. The van der Waals surface area contributed by atoms with Gasteiger partial charge in [-0.1, -0.05) is 0 Å². The number of methoxy groups -OCH3 is 3. The van der Waals surface area contributed by atoms with Gasteiger partial charge in [-0.3, -0.25) is 10.1 Å². The molecule has 3 rings (SSSR count). The van der Waals surface area contributed by atoms with Crippen LogP contribution in [-0.4, -0.2) is 31.2 Å². The summed E-state index contributed by atoms with van der Waals surface area (Å²) in [6.45, 7) is 0. The molecule has 1 N–H and O–H groups in total. The lowest BCUT2D eigenvalue weighted by Gasteiger charge is -2.17. The maximum atomic E-state index is 11.3. The van der Waals surface area contributed by atoms with Crippen LogP contribution in [0.25, 0.3) is 21.3 Å². The number of rotatable bonds is 7. The van der Waals surface area contributed by atoms with E-state index in [0.29, 0.717) is 28.5 Å². The second-order valence-electron chi connectivity index (χ2n) is 5.98. The van der Waals surface area contributed by atoms with Gasteiger partial charge in [0.2, 0.25) is 5.75 Å². The second-order valence-corrected chi connectivity index (χ2v) is 5.98. The van der Waals surface area contributed by atoms with Crippen molar-refractivity contribution in [3.63, 3.8) is 0 Å². The summed E-state index contributed by atoms with van der Waals surface area (Å²) in [6.07, 6.45) is 0. The Balaban J connectivity index is 2.32. The summed E-state index contributed by atoms with van der Waals surface area (Å²) < 4.78 is 16.0. The average Bonchev–Trinajstić information content (AvgIpc) is 2.78. The molecule has 0 amide bonds. The molecule has 0 aliphatic rings. The zero-order valence-electron chi connectivity index (χ0n) is 16.6. The summed E-state index contributed by atoms with van der Waals surface area (Å²) in [7, 11) is 4.36. The van der Waals surface area contributed by atoms with Crippen molar-refractivity contribution < 1.29 is 19.1 Å². The van der Waals surface area contributed by atoms with E-state index in [2.05, 4.69) is 20.3 Å². The maximum absolute atomic E-state index is 11.3. The van der Waals surface area contributed by atoms with Crippen molar-refractivity contribution in [3.8, 4) is 23.3 Å². The number of nitriles is 1. The van der Waals surface area contributed by atoms with E-state index in [9.17, 15) is 15.4 Å². The smallest absolute Gasteiger partial charge is 0.270 e. The largest absolute Gasteiger partial charge is 0.493 e. The number of aromatic nitrogens is 1. The molecule has 1 heterocycles. The first-order chi connectivity index (χ1) is 15.0. The van der Waals surface area contributed by atoms with Gasteiger partial charge in [-0.25, -0.2) is 4.98 Å². The Kier molecular flexibility index (Phi) is 5.90. The minimum atomic E-state index is -0.559. The van der Waals surface area contributed by atoms with Crippen LogP contribution in [0.15, 0.2) is 35.4 Å². The summed E-state index contributed by atoms with van der Waals surface area (Å²) in [5, 5.41) is 27.8. The molecule has 31 heavy (non-hydrogen) atoms. The van der Waals surface area contributed by atoms with Gasteiger partial charge in [0.05, 0.1) is 37.5 Å². The standard InChI is InChI=1S/C19H15N7O5/c1-29-15-6-10(7-16(30-2)18(15)31-3)22-17-12-8-11(26(27)28)4-5-14(12)23-19(24-25-21)13(17)9-20/h4-8H,1-3H3,(H,22,23). The summed E-state index contributed by atoms with van der Waals surface area (Å²) in [5.74, 6) is 0.896. The Morgan fingerprint density at radius 3 is 2.39 bits per heavy atom. The molecule has 0 atom stereocenters. The van der Waals surface area contributed by atoms with Crippen LogP contribution in [0.5, 0.6) is 17.2 Å². The molecule has 0 radical (unpaired) electrons. The number of nitrogens with zero attached hydrogens (tertiary/aromatic N) is 6. The van der Waals surface area contributed by atoms with Crippen molar-refractivity contribution >= 4 is 33.8 Å². The van der Waals surface area contributed by atoms with Crippen LogP contribution in [0.1, 0.15) is 5.56 Å². The topological polar surface area (TPSA) is 168 Å². The molecule has 0 spiro atoms. The van der Waals surface area contributed by atoms with E-state index in [1.807, 2.05) is 6.07 Å². The lowest BCUT2D eigenvalue weighted by Crippen LogP contribution is -2.01. The third kappa shape index (κ3) is 3.89. The minimum Gasteiger partial charge on any atom is -0.493 e. The van der Waals surface area contributed by atoms with Gasteiger partial charge in [0.25, 0.3) is 5.69 Å². The summed E-state index contributed by atoms with van der Waals surface area (Å²) in [6, 6.07) is 9.09. The first-order valence-electron chi connectivity index (χ1n) is 8.61. The fourth-order valence-corrected chi connectivity index (χ4v) is 3.00. The molecule has 0 unspecified atom stereocenters. The number of hydrogen-bond donors (Lipinski definition) is 1. The third-order valence-corrected chi connectivity index (χ3v) is 4.35. The van der Waals surface area contributed by atoms with Crippen molar-refractivity contribution in [2.45, 2.75) is 0 Å². The highest BCUT2D eigenvalue weighted by atomic mass is 16.6.